The normalized spacial score (nSPS) is 12.5. The van der Waals surface area contributed by atoms with E-state index in [1.54, 1.807) is 12.1 Å². The summed E-state index contributed by atoms with van der Waals surface area (Å²) in [6.07, 6.45) is -0.665. The Morgan fingerprint density at radius 1 is 1.36 bits per heavy atom. The van der Waals surface area contributed by atoms with E-state index in [0.717, 1.165) is 0 Å². The highest BCUT2D eigenvalue weighted by Crippen LogP contribution is 2.17. The van der Waals surface area contributed by atoms with E-state index < -0.39 is 6.10 Å². The van der Waals surface area contributed by atoms with E-state index in [-0.39, 0.29) is 19.8 Å². The van der Waals surface area contributed by atoms with Crippen LogP contribution in [-0.2, 0) is 6.61 Å². The molecule has 0 heterocycles. The molecule has 4 N–H and O–H groups in total. The monoisotopic (exact) mass is 197 g/mol. The van der Waals surface area contributed by atoms with Crippen LogP contribution in [0.2, 0.25) is 0 Å². The van der Waals surface area contributed by atoms with Gasteiger partial charge in [0.1, 0.15) is 18.5 Å². The fourth-order valence-electron chi connectivity index (χ4n) is 1.03. The van der Waals surface area contributed by atoms with Crippen LogP contribution in [0.15, 0.2) is 24.3 Å². The lowest BCUT2D eigenvalue weighted by atomic mass is 10.2. The first-order chi connectivity index (χ1) is 6.77. The Labute approximate surface area is 82.9 Å². The molecule has 4 nitrogen and oxygen atoms in total. The Balaban J connectivity index is 2.57. The number of aliphatic hydroxyl groups excluding tert-OH is 2. The van der Waals surface area contributed by atoms with Crippen LogP contribution in [0.4, 0.5) is 0 Å². The van der Waals surface area contributed by atoms with E-state index in [2.05, 4.69) is 0 Å². The third-order valence-electron chi connectivity index (χ3n) is 1.85. The van der Waals surface area contributed by atoms with Crippen molar-refractivity contribution in [2.75, 3.05) is 13.2 Å². The molecule has 4 heteroatoms. The molecule has 0 aromatic heterocycles. The summed E-state index contributed by atoms with van der Waals surface area (Å²) in [6, 6.07) is 7.14. The van der Waals surface area contributed by atoms with E-state index >= 15 is 0 Å². The first-order valence-electron chi connectivity index (χ1n) is 4.47. The second-order valence-electron chi connectivity index (χ2n) is 2.97. The molecule has 0 aliphatic heterocycles. The molecule has 0 aliphatic rings. The summed E-state index contributed by atoms with van der Waals surface area (Å²) in [4.78, 5) is 0. The highest BCUT2D eigenvalue weighted by atomic mass is 16.5. The van der Waals surface area contributed by atoms with Crippen molar-refractivity contribution in [2.24, 2.45) is 5.73 Å². The highest BCUT2D eigenvalue weighted by Gasteiger charge is 2.05. The summed E-state index contributed by atoms with van der Waals surface area (Å²) in [5.74, 6) is 0.586. The number of nitrogens with two attached hydrogens (primary N) is 1. The number of hydrogen-bond acceptors (Lipinski definition) is 4. The largest absolute Gasteiger partial charge is 0.490 e. The number of ether oxygens (including phenoxy) is 1. The van der Waals surface area contributed by atoms with Gasteiger partial charge in [-0.2, -0.15) is 0 Å². The second-order valence-corrected chi connectivity index (χ2v) is 2.97. The van der Waals surface area contributed by atoms with Crippen LogP contribution in [0, 0.1) is 0 Å². The second kappa shape index (κ2) is 5.59. The van der Waals surface area contributed by atoms with Gasteiger partial charge in [-0.15, -0.1) is 0 Å². The van der Waals surface area contributed by atoms with Crippen molar-refractivity contribution in [3.05, 3.63) is 29.8 Å². The van der Waals surface area contributed by atoms with Gasteiger partial charge in [0.05, 0.1) is 6.61 Å². The van der Waals surface area contributed by atoms with Gasteiger partial charge in [-0.05, 0) is 6.07 Å². The molecular formula is C10H15NO3. The lowest BCUT2D eigenvalue weighted by Crippen LogP contribution is -2.26. The SMILES string of the molecule is NCC(O)COc1ccccc1CO. The quantitative estimate of drug-likeness (QED) is 0.615. The molecule has 1 unspecified atom stereocenters. The van der Waals surface area contributed by atoms with Crippen molar-refractivity contribution >= 4 is 0 Å². The Kier molecular flexibility index (Phi) is 4.39. The molecule has 0 aliphatic carbocycles. The van der Waals surface area contributed by atoms with Gasteiger partial charge in [0.2, 0.25) is 0 Å². The molecule has 1 aromatic carbocycles. The Morgan fingerprint density at radius 2 is 2.07 bits per heavy atom. The maximum atomic E-state index is 9.17. The van der Waals surface area contributed by atoms with Crippen molar-refractivity contribution in [3.8, 4) is 5.75 Å². The molecule has 1 rings (SSSR count). The minimum Gasteiger partial charge on any atom is -0.490 e. The maximum Gasteiger partial charge on any atom is 0.124 e. The molecule has 1 atom stereocenters. The van der Waals surface area contributed by atoms with Gasteiger partial charge < -0.3 is 20.7 Å². The highest BCUT2D eigenvalue weighted by molar-refractivity contribution is 5.32. The lowest BCUT2D eigenvalue weighted by Gasteiger charge is -2.12. The lowest BCUT2D eigenvalue weighted by molar-refractivity contribution is 0.112. The zero-order valence-electron chi connectivity index (χ0n) is 7.89. The Bertz CT molecular complexity index is 278. The molecular weight excluding hydrogens is 182 g/mol. The molecule has 0 saturated heterocycles. The first-order valence-corrected chi connectivity index (χ1v) is 4.47. The fourth-order valence-corrected chi connectivity index (χ4v) is 1.03. The standard InChI is InChI=1S/C10H15NO3/c11-5-9(13)7-14-10-4-2-1-3-8(10)6-12/h1-4,9,12-13H,5-7,11H2. The molecule has 0 fully saturated rings. The van der Waals surface area contributed by atoms with Gasteiger partial charge in [-0.3, -0.25) is 0 Å². The summed E-state index contributed by atoms with van der Waals surface area (Å²) < 4.78 is 5.29. The molecule has 0 bridgehead atoms. The van der Waals surface area contributed by atoms with Crippen LogP contribution in [0.3, 0.4) is 0 Å². The van der Waals surface area contributed by atoms with Gasteiger partial charge in [0.15, 0.2) is 0 Å². The van der Waals surface area contributed by atoms with Crippen LogP contribution >= 0.6 is 0 Å². The zero-order chi connectivity index (χ0) is 10.4. The average Bonchev–Trinajstić information content (AvgIpc) is 2.26. The molecule has 0 spiro atoms. The van der Waals surface area contributed by atoms with Crippen LogP contribution in [0.5, 0.6) is 5.75 Å². The minimum absolute atomic E-state index is 0.0745. The molecule has 0 saturated carbocycles. The third kappa shape index (κ3) is 2.99. The molecule has 0 radical (unpaired) electrons. The average molecular weight is 197 g/mol. The van der Waals surface area contributed by atoms with E-state index in [4.69, 9.17) is 15.6 Å². The van der Waals surface area contributed by atoms with Crippen LogP contribution in [0.1, 0.15) is 5.56 Å². The predicted octanol–water partition coefficient (Wildman–Crippen LogP) is -0.123. The topological polar surface area (TPSA) is 75.7 Å². The van der Waals surface area contributed by atoms with Crippen molar-refractivity contribution in [2.45, 2.75) is 12.7 Å². The van der Waals surface area contributed by atoms with Gasteiger partial charge in [-0.1, -0.05) is 18.2 Å². The predicted molar refractivity (Wildman–Crippen MR) is 52.9 cm³/mol. The molecule has 14 heavy (non-hydrogen) atoms. The summed E-state index contributed by atoms with van der Waals surface area (Å²) in [5.41, 5.74) is 5.93. The number of para-hydroxylation sites is 1. The Hall–Kier alpha value is -1.10. The fraction of sp³-hybridized carbons (Fsp3) is 0.400. The van der Waals surface area contributed by atoms with E-state index in [0.29, 0.717) is 11.3 Å². The molecule has 0 amide bonds. The summed E-state index contributed by atoms with van der Waals surface area (Å²) >= 11 is 0. The van der Waals surface area contributed by atoms with Crippen molar-refractivity contribution in [1.29, 1.82) is 0 Å². The number of aliphatic hydroxyl groups is 2. The van der Waals surface area contributed by atoms with E-state index in [1.165, 1.54) is 0 Å². The van der Waals surface area contributed by atoms with Gasteiger partial charge in [0, 0.05) is 12.1 Å². The molecule has 1 aromatic rings. The van der Waals surface area contributed by atoms with Crippen LogP contribution in [-0.4, -0.2) is 29.5 Å². The van der Waals surface area contributed by atoms with Crippen molar-refractivity contribution in [1.82, 2.24) is 0 Å². The third-order valence-corrected chi connectivity index (χ3v) is 1.85. The molecule has 78 valence electrons. The smallest absolute Gasteiger partial charge is 0.124 e. The van der Waals surface area contributed by atoms with Gasteiger partial charge >= 0.3 is 0 Å². The van der Waals surface area contributed by atoms with Crippen LogP contribution < -0.4 is 10.5 Å². The van der Waals surface area contributed by atoms with Crippen molar-refractivity contribution in [3.63, 3.8) is 0 Å². The van der Waals surface area contributed by atoms with Crippen molar-refractivity contribution < 1.29 is 14.9 Å². The number of rotatable bonds is 5. The van der Waals surface area contributed by atoms with Gasteiger partial charge in [0.25, 0.3) is 0 Å². The van der Waals surface area contributed by atoms with Crippen LogP contribution in [0.25, 0.3) is 0 Å². The first kappa shape index (κ1) is 11.0. The number of benzene rings is 1. The van der Waals surface area contributed by atoms with E-state index in [9.17, 15) is 5.11 Å². The summed E-state index contributed by atoms with van der Waals surface area (Å²) in [7, 11) is 0. The zero-order valence-corrected chi connectivity index (χ0v) is 7.89. The summed E-state index contributed by atoms with van der Waals surface area (Å²) in [6.45, 7) is 0.240. The minimum atomic E-state index is -0.665. The van der Waals surface area contributed by atoms with Gasteiger partial charge in [-0.25, -0.2) is 0 Å². The summed E-state index contributed by atoms with van der Waals surface area (Å²) in [5, 5.41) is 18.1. The maximum absolute atomic E-state index is 9.17. The number of hydrogen-bond donors (Lipinski definition) is 3. The van der Waals surface area contributed by atoms with E-state index in [1.807, 2.05) is 12.1 Å². The Morgan fingerprint density at radius 3 is 2.71 bits per heavy atom.